The molecule has 22 heavy (non-hydrogen) atoms. The molecule has 0 saturated heterocycles. The van der Waals surface area contributed by atoms with Crippen LogP contribution < -0.4 is 9.62 Å². The minimum atomic E-state index is -3.52. The molecule has 1 aromatic rings. The first kappa shape index (κ1) is 18.7. The second kappa shape index (κ2) is 8.97. The number of hydrogen-bond donors (Lipinski definition) is 1. The van der Waals surface area contributed by atoms with Crippen molar-refractivity contribution in [1.29, 1.82) is 0 Å². The van der Waals surface area contributed by atoms with Crippen LogP contribution in [0.2, 0.25) is 5.02 Å². The molecule has 1 N–H and O–H groups in total. The van der Waals surface area contributed by atoms with E-state index in [1.165, 1.54) is 0 Å². The number of carbonyl (C=O) groups is 1. The highest BCUT2D eigenvalue weighted by molar-refractivity contribution is 7.92. The number of halogens is 1. The highest BCUT2D eigenvalue weighted by Gasteiger charge is 2.20. The number of nitrogens with zero attached hydrogens (tertiary/aromatic N) is 1. The summed E-state index contributed by atoms with van der Waals surface area (Å²) in [5.41, 5.74) is 0.374. The number of anilines is 1. The maximum Gasteiger partial charge on any atom is 0.232 e. The second-order valence-electron chi connectivity index (χ2n) is 4.73. The third-order valence-corrected chi connectivity index (χ3v) is 4.41. The molecule has 0 saturated carbocycles. The Hall–Kier alpha value is -1.31. The topological polar surface area (TPSA) is 75.7 Å². The summed E-state index contributed by atoms with van der Waals surface area (Å²) in [5, 5.41) is 3.04. The molecule has 0 spiro atoms. The molecule has 1 amide bonds. The van der Waals surface area contributed by atoms with E-state index >= 15 is 0 Å². The SMILES string of the molecule is COCCCNC(=O)CCN(c1ccccc1Cl)S(C)(=O)=O. The lowest BCUT2D eigenvalue weighted by Gasteiger charge is -2.23. The van der Waals surface area contributed by atoms with Gasteiger partial charge in [0.1, 0.15) is 0 Å². The Morgan fingerprint density at radius 1 is 1.36 bits per heavy atom. The van der Waals surface area contributed by atoms with E-state index in [2.05, 4.69) is 5.32 Å². The molecule has 8 heteroatoms. The van der Waals surface area contributed by atoms with Gasteiger partial charge in [-0.1, -0.05) is 23.7 Å². The fraction of sp³-hybridized carbons (Fsp3) is 0.500. The van der Waals surface area contributed by atoms with Crippen LogP contribution in [0.3, 0.4) is 0 Å². The molecule has 0 radical (unpaired) electrons. The molecule has 0 heterocycles. The van der Waals surface area contributed by atoms with Gasteiger partial charge in [0.25, 0.3) is 0 Å². The number of ether oxygens (including phenoxy) is 1. The predicted molar refractivity (Wildman–Crippen MR) is 87.8 cm³/mol. The summed E-state index contributed by atoms with van der Waals surface area (Å²) in [6, 6.07) is 6.64. The number of amides is 1. The maximum atomic E-state index is 11.9. The third-order valence-electron chi connectivity index (χ3n) is 2.91. The van der Waals surface area contributed by atoms with Gasteiger partial charge in [-0.25, -0.2) is 8.42 Å². The van der Waals surface area contributed by atoms with Crippen molar-refractivity contribution >= 4 is 33.2 Å². The van der Waals surface area contributed by atoms with Crippen LogP contribution in [0, 0.1) is 0 Å². The van der Waals surface area contributed by atoms with Crippen molar-refractivity contribution < 1.29 is 17.9 Å². The second-order valence-corrected chi connectivity index (χ2v) is 7.05. The third kappa shape index (κ3) is 6.21. The first-order chi connectivity index (χ1) is 10.4. The molecule has 124 valence electrons. The maximum absolute atomic E-state index is 11.9. The minimum absolute atomic E-state index is 0.0404. The Balaban J connectivity index is 2.65. The van der Waals surface area contributed by atoms with Gasteiger partial charge in [-0.05, 0) is 18.6 Å². The molecule has 1 aromatic carbocycles. The van der Waals surface area contributed by atoms with Crippen LogP contribution in [0.1, 0.15) is 12.8 Å². The van der Waals surface area contributed by atoms with Gasteiger partial charge in [-0.3, -0.25) is 9.10 Å². The highest BCUT2D eigenvalue weighted by atomic mass is 35.5. The Bertz CT molecular complexity index is 592. The number of carbonyl (C=O) groups excluding carboxylic acids is 1. The van der Waals surface area contributed by atoms with Crippen LogP contribution in [0.15, 0.2) is 24.3 Å². The summed E-state index contributed by atoms with van der Waals surface area (Å²) in [6.07, 6.45) is 1.86. The number of sulfonamides is 1. The summed E-state index contributed by atoms with van der Waals surface area (Å²) in [7, 11) is -1.92. The van der Waals surface area contributed by atoms with Gasteiger partial charge >= 0.3 is 0 Å². The van der Waals surface area contributed by atoms with Crippen molar-refractivity contribution in [1.82, 2.24) is 5.32 Å². The fourth-order valence-electron chi connectivity index (χ4n) is 1.85. The highest BCUT2D eigenvalue weighted by Crippen LogP contribution is 2.27. The van der Waals surface area contributed by atoms with Crippen molar-refractivity contribution in [2.45, 2.75) is 12.8 Å². The largest absolute Gasteiger partial charge is 0.385 e. The van der Waals surface area contributed by atoms with Crippen molar-refractivity contribution in [3.63, 3.8) is 0 Å². The number of methoxy groups -OCH3 is 1. The van der Waals surface area contributed by atoms with Gasteiger partial charge in [0.15, 0.2) is 0 Å². The van der Waals surface area contributed by atoms with E-state index in [1.54, 1.807) is 31.4 Å². The van der Waals surface area contributed by atoms with Crippen molar-refractivity contribution in [3.05, 3.63) is 29.3 Å². The zero-order valence-electron chi connectivity index (χ0n) is 12.7. The van der Waals surface area contributed by atoms with Crippen LogP contribution >= 0.6 is 11.6 Å². The smallest absolute Gasteiger partial charge is 0.232 e. The molecule has 0 aliphatic rings. The van der Waals surface area contributed by atoms with E-state index in [4.69, 9.17) is 16.3 Å². The Labute approximate surface area is 136 Å². The Kier molecular flexibility index (Phi) is 7.64. The summed E-state index contributed by atoms with van der Waals surface area (Å²) in [5.74, 6) is -0.211. The molecule has 0 aliphatic carbocycles. The van der Waals surface area contributed by atoms with Gasteiger partial charge in [-0.15, -0.1) is 0 Å². The van der Waals surface area contributed by atoms with Gasteiger partial charge in [0, 0.05) is 33.2 Å². The van der Waals surface area contributed by atoms with E-state index in [9.17, 15) is 13.2 Å². The van der Waals surface area contributed by atoms with Crippen molar-refractivity contribution in [2.75, 3.05) is 37.4 Å². The van der Waals surface area contributed by atoms with Gasteiger partial charge < -0.3 is 10.1 Å². The molecular weight excluding hydrogens is 328 g/mol. The van der Waals surface area contributed by atoms with Crippen LogP contribution in [-0.2, 0) is 19.6 Å². The summed E-state index contributed by atoms with van der Waals surface area (Å²) in [4.78, 5) is 11.7. The molecule has 0 aliphatic heterocycles. The number of nitrogens with one attached hydrogen (secondary N) is 1. The average Bonchev–Trinajstić information content (AvgIpc) is 2.44. The molecule has 0 bridgehead atoms. The monoisotopic (exact) mass is 348 g/mol. The van der Waals surface area contributed by atoms with Crippen LogP contribution in [0.5, 0.6) is 0 Å². The summed E-state index contributed by atoms with van der Waals surface area (Å²) in [6.45, 7) is 1.10. The predicted octanol–water partition coefficient (Wildman–Crippen LogP) is 1.65. The summed E-state index contributed by atoms with van der Waals surface area (Å²) >= 11 is 6.04. The lowest BCUT2D eigenvalue weighted by Crippen LogP contribution is -2.35. The summed E-state index contributed by atoms with van der Waals surface area (Å²) < 4.78 is 29.9. The number of para-hydroxylation sites is 1. The normalized spacial score (nSPS) is 11.2. The van der Waals surface area contributed by atoms with Gasteiger partial charge in [0.05, 0.1) is 17.0 Å². The quantitative estimate of drug-likeness (QED) is 0.688. The molecule has 1 rings (SSSR count). The lowest BCUT2D eigenvalue weighted by atomic mass is 10.3. The minimum Gasteiger partial charge on any atom is -0.385 e. The first-order valence-electron chi connectivity index (χ1n) is 6.84. The Morgan fingerprint density at radius 2 is 2.05 bits per heavy atom. The zero-order valence-corrected chi connectivity index (χ0v) is 14.3. The van der Waals surface area contributed by atoms with E-state index < -0.39 is 10.0 Å². The van der Waals surface area contributed by atoms with E-state index in [0.29, 0.717) is 30.3 Å². The van der Waals surface area contributed by atoms with Gasteiger partial charge in [0.2, 0.25) is 15.9 Å². The molecule has 6 nitrogen and oxygen atoms in total. The molecule has 0 unspecified atom stereocenters. The lowest BCUT2D eigenvalue weighted by molar-refractivity contribution is -0.120. The fourth-order valence-corrected chi connectivity index (χ4v) is 3.08. The van der Waals surface area contributed by atoms with E-state index in [1.807, 2.05) is 0 Å². The van der Waals surface area contributed by atoms with E-state index in [0.717, 1.165) is 10.6 Å². The van der Waals surface area contributed by atoms with Crippen molar-refractivity contribution in [3.8, 4) is 0 Å². The van der Waals surface area contributed by atoms with Crippen LogP contribution in [0.25, 0.3) is 0 Å². The number of rotatable bonds is 9. The zero-order chi connectivity index (χ0) is 16.6. The van der Waals surface area contributed by atoms with Crippen LogP contribution in [0.4, 0.5) is 5.69 Å². The van der Waals surface area contributed by atoms with Crippen molar-refractivity contribution in [2.24, 2.45) is 0 Å². The Morgan fingerprint density at radius 3 is 2.64 bits per heavy atom. The first-order valence-corrected chi connectivity index (χ1v) is 9.06. The van der Waals surface area contributed by atoms with Crippen LogP contribution in [-0.4, -0.2) is 47.4 Å². The molecular formula is C14H21ClN2O4S. The number of hydrogen-bond acceptors (Lipinski definition) is 4. The van der Waals surface area contributed by atoms with E-state index in [-0.39, 0.29) is 18.9 Å². The molecule has 0 fully saturated rings. The molecule has 0 atom stereocenters. The molecule has 0 aromatic heterocycles. The number of benzene rings is 1. The standard InChI is InChI=1S/C14H21ClN2O4S/c1-21-11-5-9-16-14(18)8-10-17(22(2,19)20)13-7-4-3-6-12(13)15/h3-4,6-7H,5,8-11H2,1-2H3,(H,16,18). The average molecular weight is 349 g/mol. The van der Waals surface area contributed by atoms with Gasteiger partial charge in [-0.2, -0.15) is 0 Å².